The van der Waals surface area contributed by atoms with Crippen LogP contribution in [0.2, 0.25) is 0 Å². The van der Waals surface area contributed by atoms with E-state index in [4.69, 9.17) is 9.72 Å². The summed E-state index contributed by atoms with van der Waals surface area (Å²) in [5.41, 5.74) is 8.47. The summed E-state index contributed by atoms with van der Waals surface area (Å²) < 4.78 is 7.88. The van der Waals surface area contributed by atoms with Gasteiger partial charge in [-0.15, -0.1) is 0 Å². The van der Waals surface area contributed by atoms with E-state index >= 15 is 0 Å². The molecular weight excluding hydrogens is 472 g/mol. The second-order valence-corrected chi connectivity index (χ2v) is 11.9. The van der Waals surface area contributed by atoms with Crippen molar-refractivity contribution in [2.24, 2.45) is 5.92 Å². The molecule has 5 rings (SSSR count). The van der Waals surface area contributed by atoms with E-state index in [1.54, 1.807) is 0 Å². The molecule has 1 aromatic carbocycles. The first-order valence-corrected chi connectivity index (χ1v) is 13.9. The van der Waals surface area contributed by atoms with Crippen LogP contribution in [0.4, 0.5) is 4.79 Å². The van der Waals surface area contributed by atoms with E-state index in [0.717, 1.165) is 37.9 Å². The lowest BCUT2D eigenvalue weighted by molar-refractivity contribution is 0.0178. The zero-order chi connectivity index (χ0) is 26.9. The molecule has 0 bridgehead atoms. The number of amides is 1. The van der Waals surface area contributed by atoms with Crippen LogP contribution in [-0.2, 0) is 11.3 Å². The molecule has 200 valence electrons. The largest absolute Gasteiger partial charge is 0.444 e. The predicted octanol–water partition coefficient (Wildman–Crippen LogP) is 7.01. The number of benzene rings is 1. The third-order valence-electron chi connectivity index (χ3n) is 7.81. The van der Waals surface area contributed by atoms with Crippen LogP contribution in [-0.4, -0.2) is 44.2 Å². The second-order valence-electron chi connectivity index (χ2n) is 11.9. The maximum Gasteiger partial charge on any atom is 0.410 e. The van der Waals surface area contributed by atoms with Crippen LogP contribution in [0.1, 0.15) is 86.0 Å². The molecule has 2 aromatic heterocycles. The minimum atomic E-state index is -0.479. The number of rotatable bonds is 5. The topological polar surface area (TPSA) is 60.2 Å². The van der Waals surface area contributed by atoms with E-state index in [1.165, 1.54) is 33.5 Å². The average Bonchev–Trinajstić information content (AvgIpc) is 3.23. The van der Waals surface area contributed by atoms with Crippen LogP contribution in [0, 0.1) is 19.8 Å². The number of carbonyl (C=O) groups excluding carboxylic acids is 1. The summed E-state index contributed by atoms with van der Waals surface area (Å²) in [6.07, 6.45) is 11.8. The molecule has 3 heterocycles. The fourth-order valence-corrected chi connectivity index (χ4v) is 5.93. The maximum atomic E-state index is 12.7. The van der Waals surface area contributed by atoms with E-state index in [-0.39, 0.29) is 12.0 Å². The van der Waals surface area contributed by atoms with Crippen LogP contribution in [0.5, 0.6) is 0 Å². The number of aromatic nitrogens is 3. The van der Waals surface area contributed by atoms with Crippen molar-refractivity contribution < 1.29 is 9.53 Å². The summed E-state index contributed by atoms with van der Waals surface area (Å²) in [4.78, 5) is 23.8. The maximum absolute atomic E-state index is 12.7. The molecule has 1 unspecified atom stereocenters. The Kier molecular flexibility index (Phi) is 7.42. The highest BCUT2D eigenvalue weighted by Gasteiger charge is 2.36. The number of nitrogens with zero attached hydrogens (tertiary/aromatic N) is 4. The average molecular weight is 513 g/mol. The molecule has 0 N–H and O–H groups in total. The van der Waals surface area contributed by atoms with Gasteiger partial charge < -0.3 is 14.2 Å². The molecule has 1 fully saturated rings. The fourth-order valence-electron chi connectivity index (χ4n) is 5.93. The van der Waals surface area contributed by atoms with Crippen LogP contribution in [0.25, 0.3) is 11.6 Å². The van der Waals surface area contributed by atoms with E-state index in [2.05, 4.69) is 53.7 Å². The number of allylic oxidation sites excluding steroid dienone is 1. The molecule has 0 spiro atoms. The molecule has 0 saturated carbocycles. The summed E-state index contributed by atoms with van der Waals surface area (Å²) in [6, 6.07) is 11.2. The number of hydrogen-bond acceptors (Lipinski definition) is 4. The quantitative estimate of drug-likeness (QED) is 0.369. The molecule has 1 atom stereocenters. The molecule has 1 amide bonds. The molecular formula is C32H40N4O2. The Hall–Kier alpha value is -3.41. The first-order chi connectivity index (χ1) is 18.2. The van der Waals surface area contributed by atoms with Gasteiger partial charge >= 0.3 is 6.09 Å². The number of carbonyl (C=O) groups is 1. The number of piperidine rings is 1. The molecule has 2 aliphatic rings. The molecule has 3 aromatic rings. The highest BCUT2D eigenvalue weighted by Crippen LogP contribution is 2.45. The van der Waals surface area contributed by atoms with Gasteiger partial charge in [0.15, 0.2) is 0 Å². The smallest absolute Gasteiger partial charge is 0.410 e. The van der Waals surface area contributed by atoms with E-state index in [9.17, 15) is 4.79 Å². The summed E-state index contributed by atoms with van der Waals surface area (Å²) >= 11 is 0. The molecule has 6 heteroatoms. The van der Waals surface area contributed by atoms with Gasteiger partial charge in [0.05, 0.1) is 12.0 Å². The SMILES string of the molecule is Cc1ccc2c(c1)C(CCCn1cncc1C)=Cc1cccnc1C2C1CCN(C(=O)OC(C)(C)C)CC1. The number of hydrogen-bond donors (Lipinski definition) is 0. The van der Waals surface area contributed by atoms with Gasteiger partial charge in [-0.2, -0.15) is 0 Å². The van der Waals surface area contributed by atoms with Crippen molar-refractivity contribution in [1.29, 1.82) is 0 Å². The Bertz CT molecular complexity index is 1330. The second kappa shape index (κ2) is 10.8. The van der Waals surface area contributed by atoms with Gasteiger partial charge in [0.2, 0.25) is 0 Å². The number of fused-ring (bicyclic) bond motifs is 2. The standard InChI is InChI=1S/C32H40N4O2/c1-22-10-11-27-28(18-22)25(9-7-15-36-21-33-20-23(36)2)19-26-8-6-14-34-30(26)29(27)24-12-16-35(17-13-24)31(37)38-32(3,4)5/h6,8,10-11,14,18-21,24,29H,7,9,12-13,15-17H2,1-5H3. The molecule has 1 aliphatic heterocycles. The Balaban J connectivity index is 1.43. The number of pyridine rings is 1. The molecule has 1 saturated heterocycles. The van der Waals surface area contributed by atoms with Gasteiger partial charge in [-0.25, -0.2) is 9.78 Å². The lowest BCUT2D eigenvalue weighted by Crippen LogP contribution is -2.42. The lowest BCUT2D eigenvalue weighted by atomic mass is 9.75. The summed E-state index contributed by atoms with van der Waals surface area (Å²) in [5, 5.41) is 0. The van der Waals surface area contributed by atoms with Crippen molar-refractivity contribution in [1.82, 2.24) is 19.4 Å². The summed E-state index contributed by atoms with van der Waals surface area (Å²) in [5.74, 6) is 0.609. The summed E-state index contributed by atoms with van der Waals surface area (Å²) in [6.45, 7) is 12.4. The Morgan fingerprint density at radius 1 is 1.13 bits per heavy atom. The normalized spacial score (nSPS) is 17.9. The first kappa shape index (κ1) is 26.2. The van der Waals surface area contributed by atoms with Crippen LogP contribution < -0.4 is 0 Å². The minimum Gasteiger partial charge on any atom is -0.444 e. The number of aryl methyl sites for hydroxylation is 3. The molecule has 1 aliphatic carbocycles. The third-order valence-corrected chi connectivity index (χ3v) is 7.81. The van der Waals surface area contributed by atoms with Crippen molar-refractivity contribution in [3.05, 3.63) is 82.7 Å². The number of imidazole rings is 1. The van der Waals surface area contributed by atoms with E-state index < -0.39 is 5.60 Å². The third kappa shape index (κ3) is 5.69. The Morgan fingerprint density at radius 3 is 2.63 bits per heavy atom. The van der Waals surface area contributed by atoms with Crippen molar-refractivity contribution in [3.63, 3.8) is 0 Å². The van der Waals surface area contributed by atoms with Crippen molar-refractivity contribution in [2.75, 3.05) is 13.1 Å². The predicted molar refractivity (Wildman–Crippen MR) is 152 cm³/mol. The molecule has 38 heavy (non-hydrogen) atoms. The Labute approximate surface area is 226 Å². The minimum absolute atomic E-state index is 0.201. The van der Waals surface area contributed by atoms with Gasteiger partial charge in [-0.3, -0.25) is 4.98 Å². The van der Waals surface area contributed by atoms with Gasteiger partial charge in [0, 0.05) is 43.6 Å². The van der Waals surface area contributed by atoms with Crippen molar-refractivity contribution in [3.8, 4) is 0 Å². The van der Waals surface area contributed by atoms with E-state index in [0.29, 0.717) is 19.0 Å². The monoisotopic (exact) mass is 512 g/mol. The molecule has 0 radical (unpaired) electrons. The van der Waals surface area contributed by atoms with Crippen molar-refractivity contribution >= 4 is 17.7 Å². The van der Waals surface area contributed by atoms with Gasteiger partial charge in [0.1, 0.15) is 5.60 Å². The van der Waals surface area contributed by atoms with Crippen LogP contribution in [0.15, 0.2) is 49.1 Å². The summed E-state index contributed by atoms with van der Waals surface area (Å²) in [7, 11) is 0. The molecule has 6 nitrogen and oxygen atoms in total. The number of ether oxygens (including phenoxy) is 1. The first-order valence-electron chi connectivity index (χ1n) is 13.9. The van der Waals surface area contributed by atoms with Gasteiger partial charge in [-0.05, 0) is 101 Å². The highest BCUT2D eigenvalue weighted by molar-refractivity contribution is 5.86. The fraction of sp³-hybridized carbons (Fsp3) is 0.469. The van der Waals surface area contributed by atoms with Crippen LogP contribution >= 0.6 is 0 Å². The highest BCUT2D eigenvalue weighted by atomic mass is 16.6. The van der Waals surface area contributed by atoms with Crippen molar-refractivity contribution in [2.45, 2.75) is 78.4 Å². The zero-order valence-corrected chi connectivity index (χ0v) is 23.4. The van der Waals surface area contributed by atoms with Gasteiger partial charge in [0.25, 0.3) is 0 Å². The van der Waals surface area contributed by atoms with Gasteiger partial charge in [-0.1, -0.05) is 29.8 Å². The van der Waals surface area contributed by atoms with E-state index in [1.807, 2.05) is 50.5 Å². The lowest BCUT2D eigenvalue weighted by Gasteiger charge is -2.37. The Morgan fingerprint density at radius 2 is 1.92 bits per heavy atom. The number of likely N-dealkylation sites (tertiary alicyclic amines) is 1. The zero-order valence-electron chi connectivity index (χ0n) is 23.4. The van der Waals surface area contributed by atoms with Crippen LogP contribution in [0.3, 0.4) is 0 Å².